The Hall–Kier alpha value is -2.08. The largest absolute Gasteiger partial charge is 0.465 e. The van der Waals surface area contributed by atoms with E-state index in [1.165, 1.54) is 30.1 Å². The molecule has 0 aromatic carbocycles. The third kappa shape index (κ3) is 2.14. The summed E-state index contributed by atoms with van der Waals surface area (Å²) < 4.78 is 5.90. The molecule has 7 heteroatoms. The van der Waals surface area contributed by atoms with Crippen LogP contribution in [0.5, 0.6) is 0 Å². The number of nitrogens with zero attached hydrogens (tertiary/aromatic N) is 2. The first-order valence-corrected chi connectivity index (χ1v) is 5.41. The minimum atomic E-state index is -0.534. The monoisotopic (exact) mass is 267 g/mol. The van der Waals surface area contributed by atoms with Gasteiger partial charge in [0.25, 0.3) is 5.56 Å². The standard InChI is InChI=1S/C11H10ClN3O3/c1-15-10(16)7(5-13-15)8-3-6(11(17)18-2)4-9(12)14-8/h3-5,13H,1-2H3. The van der Waals surface area contributed by atoms with Crippen LogP contribution in [0, 0.1) is 0 Å². The van der Waals surface area contributed by atoms with Crippen LogP contribution in [0.3, 0.4) is 0 Å². The first kappa shape index (κ1) is 12.4. The van der Waals surface area contributed by atoms with Crippen LogP contribution < -0.4 is 5.56 Å². The summed E-state index contributed by atoms with van der Waals surface area (Å²) in [6.45, 7) is 0. The summed E-state index contributed by atoms with van der Waals surface area (Å²) in [6, 6.07) is 2.84. The normalized spacial score (nSPS) is 10.4. The number of nitrogens with one attached hydrogen (secondary N) is 1. The fourth-order valence-electron chi connectivity index (χ4n) is 1.52. The van der Waals surface area contributed by atoms with Crippen LogP contribution in [0.1, 0.15) is 10.4 Å². The molecule has 1 N–H and O–H groups in total. The Morgan fingerprint density at radius 2 is 2.22 bits per heavy atom. The predicted molar refractivity (Wildman–Crippen MR) is 65.6 cm³/mol. The van der Waals surface area contributed by atoms with Crippen LogP contribution in [-0.4, -0.2) is 27.8 Å². The maximum absolute atomic E-state index is 11.8. The molecule has 0 spiro atoms. The number of hydrogen-bond donors (Lipinski definition) is 1. The van der Waals surface area contributed by atoms with Crippen molar-refractivity contribution in [2.75, 3.05) is 7.11 Å². The maximum atomic E-state index is 11.8. The molecule has 2 aromatic heterocycles. The summed E-state index contributed by atoms with van der Waals surface area (Å²) in [5, 5.41) is 2.84. The number of esters is 1. The van der Waals surface area contributed by atoms with Gasteiger partial charge in [0.2, 0.25) is 0 Å². The van der Waals surface area contributed by atoms with E-state index in [-0.39, 0.29) is 16.3 Å². The first-order valence-electron chi connectivity index (χ1n) is 5.03. The van der Waals surface area contributed by atoms with E-state index >= 15 is 0 Å². The minimum absolute atomic E-state index is 0.121. The summed E-state index contributed by atoms with van der Waals surface area (Å²) in [5.41, 5.74) is 0.659. The smallest absolute Gasteiger partial charge is 0.338 e. The Labute approximate surface area is 107 Å². The highest BCUT2D eigenvalue weighted by molar-refractivity contribution is 6.29. The number of carbonyl (C=O) groups is 1. The highest BCUT2D eigenvalue weighted by atomic mass is 35.5. The van der Waals surface area contributed by atoms with Gasteiger partial charge in [0, 0.05) is 13.2 Å². The molecule has 0 saturated carbocycles. The number of ether oxygens (including phenoxy) is 1. The SMILES string of the molecule is COC(=O)c1cc(Cl)nc(-c2c[nH]n(C)c2=O)c1. The number of aromatic nitrogens is 3. The van der Waals surface area contributed by atoms with E-state index < -0.39 is 5.97 Å². The van der Waals surface area contributed by atoms with Gasteiger partial charge in [-0.15, -0.1) is 0 Å². The number of aromatic amines is 1. The number of halogens is 1. The van der Waals surface area contributed by atoms with Gasteiger partial charge in [-0.05, 0) is 12.1 Å². The zero-order valence-electron chi connectivity index (χ0n) is 9.73. The fraction of sp³-hybridized carbons (Fsp3) is 0.182. The van der Waals surface area contributed by atoms with E-state index in [0.29, 0.717) is 11.3 Å². The van der Waals surface area contributed by atoms with Gasteiger partial charge in [-0.3, -0.25) is 9.48 Å². The molecular weight excluding hydrogens is 258 g/mol. The van der Waals surface area contributed by atoms with Gasteiger partial charge in [0.15, 0.2) is 0 Å². The number of carbonyl (C=O) groups excluding carboxylic acids is 1. The van der Waals surface area contributed by atoms with Crippen LogP contribution >= 0.6 is 11.6 Å². The lowest BCUT2D eigenvalue weighted by Gasteiger charge is -2.02. The van der Waals surface area contributed by atoms with Gasteiger partial charge in [0.05, 0.1) is 23.9 Å². The maximum Gasteiger partial charge on any atom is 0.338 e. The molecular formula is C11H10ClN3O3. The molecule has 0 atom stereocenters. The Kier molecular flexibility index (Phi) is 3.20. The summed E-state index contributed by atoms with van der Waals surface area (Å²) in [5.74, 6) is -0.534. The Bertz CT molecular complexity index is 660. The van der Waals surface area contributed by atoms with Gasteiger partial charge < -0.3 is 9.84 Å². The second kappa shape index (κ2) is 4.66. The fourth-order valence-corrected chi connectivity index (χ4v) is 1.73. The highest BCUT2D eigenvalue weighted by Crippen LogP contribution is 2.18. The van der Waals surface area contributed by atoms with E-state index in [0.717, 1.165) is 0 Å². The average molecular weight is 268 g/mol. The molecule has 0 saturated heterocycles. The summed E-state index contributed by atoms with van der Waals surface area (Å²) in [6.07, 6.45) is 1.50. The van der Waals surface area contributed by atoms with E-state index in [1.54, 1.807) is 7.05 Å². The summed E-state index contributed by atoms with van der Waals surface area (Å²) >= 11 is 5.82. The van der Waals surface area contributed by atoms with Crippen LogP contribution in [0.4, 0.5) is 0 Å². The zero-order valence-corrected chi connectivity index (χ0v) is 10.5. The lowest BCUT2D eigenvalue weighted by atomic mass is 10.1. The van der Waals surface area contributed by atoms with E-state index in [4.69, 9.17) is 11.6 Å². The van der Waals surface area contributed by atoms with Crippen molar-refractivity contribution in [1.82, 2.24) is 14.8 Å². The molecule has 94 valence electrons. The van der Waals surface area contributed by atoms with Crippen molar-refractivity contribution in [2.45, 2.75) is 0 Å². The number of methoxy groups -OCH3 is 1. The van der Waals surface area contributed by atoms with Crippen molar-refractivity contribution >= 4 is 17.6 Å². The van der Waals surface area contributed by atoms with Crippen molar-refractivity contribution in [3.8, 4) is 11.3 Å². The third-order valence-electron chi connectivity index (χ3n) is 2.43. The molecule has 0 radical (unpaired) electrons. The first-order chi connectivity index (χ1) is 8.52. The molecule has 6 nitrogen and oxygen atoms in total. The van der Waals surface area contributed by atoms with E-state index in [9.17, 15) is 9.59 Å². The average Bonchev–Trinajstić information content (AvgIpc) is 2.68. The minimum Gasteiger partial charge on any atom is -0.465 e. The zero-order chi connectivity index (χ0) is 13.3. The van der Waals surface area contributed by atoms with Crippen molar-refractivity contribution in [2.24, 2.45) is 7.05 Å². The van der Waals surface area contributed by atoms with Crippen molar-refractivity contribution < 1.29 is 9.53 Å². The number of hydrogen-bond acceptors (Lipinski definition) is 4. The second-order valence-electron chi connectivity index (χ2n) is 3.61. The highest BCUT2D eigenvalue weighted by Gasteiger charge is 2.13. The second-order valence-corrected chi connectivity index (χ2v) is 3.99. The topological polar surface area (TPSA) is 77.0 Å². The van der Waals surface area contributed by atoms with Crippen molar-refractivity contribution in [1.29, 1.82) is 0 Å². The molecule has 0 fully saturated rings. The molecule has 2 rings (SSSR count). The summed E-state index contributed by atoms with van der Waals surface area (Å²) in [4.78, 5) is 27.2. The van der Waals surface area contributed by atoms with Crippen molar-refractivity contribution in [3.05, 3.63) is 39.4 Å². The molecule has 0 aliphatic rings. The predicted octanol–water partition coefficient (Wildman–Crippen LogP) is 1.22. The van der Waals surface area contributed by atoms with Gasteiger partial charge in [-0.25, -0.2) is 9.78 Å². The van der Waals surface area contributed by atoms with Crippen molar-refractivity contribution in [3.63, 3.8) is 0 Å². The Morgan fingerprint density at radius 3 is 2.78 bits per heavy atom. The molecule has 2 heterocycles. The Morgan fingerprint density at radius 1 is 1.50 bits per heavy atom. The third-order valence-corrected chi connectivity index (χ3v) is 2.62. The van der Waals surface area contributed by atoms with Crippen LogP contribution in [0.2, 0.25) is 5.15 Å². The molecule has 0 unspecified atom stereocenters. The quantitative estimate of drug-likeness (QED) is 0.655. The van der Waals surface area contributed by atoms with E-state index in [1.807, 2.05) is 0 Å². The van der Waals surface area contributed by atoms with E-state index in [2.05, 4.69) is 14.8 Å². The molecule has 18 heavy (non-hydrogen) atoms. The lowest BCUT2D eigenvalue weighted by Crippen LogP contribution is -2.13. The molecule has 0 aliphatic carbocycles. The van der Waals surface area contributed by atoms with Gasteiger partial charge >= 0.3 is 5.97 Å². The molecule has 2 aromatic rings. The number of aryl methyl sites for hydroxylation is 1. The van der Waals surface area contributed by atoms with Crippen LogP contribution in [-0.2, 0) is 11.8 Å². The van der Waals surface area contributed by atoms with Gasteiger partial charge in [-0.2, -0.15) is 0 Å². The molecule has 0 bridgehead atoms. The lowest BCUT2D eigenvalue weighted by molar-refractivity contribution is 0.0600. The number of pyridine rings is 1. The molecule has 0 aliphatic heterocycles. The Balaban J connectivity index is 2.59. The van der Waals surface area contributed by atoms with Crippen LogP contribution in [0.15, 0.2) is 23.1 Å². The number of H-pyrrole nitrogens is 1. The molecule has 0 amide bonds. The van der Waals surface area contributed by atoms with Gasteiger partial charge in [0.1, 0.15) is 5.15 Å². The van der Waals surface area contributed by atoms with Crippen LogP contribution in [0.25, 0.3) is 11.3 Å². The number of rotatable bonds is 2. The summed E-state index contributed by atoms with van der Waals surface area (Å²) in [7, 11) is 2.85. The van der Waals surface area contributed by atoms with Gasteiger partial charge in [-0.1, -0.05) is 11.6 Å².